The molecule has 112 valence electrons. The Morgan fingerprint density at radius 2 is 1.76 bits per heavy atom. The van der Waals surface area contributed by atoms with E-state index in [9.17, 15) is 5.11 Å². The molecule has 0 saturated carbocycles. The normalized spacial score (nSPS) is 12.0. The first-order chi connectivity index (χ1) is 10.2. The molecule has 0 spiro atoms. The van der Waals surface area contributed by atoms with Gasteiger partial charge in [-0.3, -0.25) is 4.99 Å². The van der Waals surface area contributed by atoms with Crippen molar-refractivity contribution in [3.8, 4) is 5.75 Å². The molecule has 2 aromatic rings. The highest BCUT2D eigenvalue weighted by Gasteiger charge is 2.08. The monoisotopic (exact) mass is 283 g/mol. The molecule has 0 aliphatic heterocycles. The first-order valence-electron chi connectivity index (χ1n) is 7.96. The summed E-state index contributed by atoms with van der Waals surface area (Å²) in [4.78, 5) is 4.62. The standard InChI is InChI=1S/C19H25NO/c1-3-4-5-6-9-14-20-15(2)17-13-12-16-10-7-8-11-18(16)19(17)21/h7-8,10-13,21H,3-6,9,14H2,1-2H3. The molecular weight excluding hydrogens is 258 g/mol. The molecule has 0 fully saturated rings. The number of rotatable bonds is 7. The molecule has 0 amide bonds. The lowest BCUT2D eigenvalue weighted by Crippen LogP contribution is -1.98. The number of aliphatic imine (C=N–C) groups is 1. The summed E-state index contributed by atoms with van der Waals surface area (Å²) in [5, 5.41) is 12.4. The van der Waals surface area contributed by atoms with E-state index in [4.69, 9.17) is 0 Å². The highest BCUT2D eigenvalue weighted by molar-refractivity contribution is 6.06. The molecule has 0 atom stereocenters. The van der Waals surface area contributed by atoms with Gasteiger partial charge in [-0.05, 0) is 24.8 Å². The summed E-state index contributed by atoms with van der Waals surface area (Å²) >= 11 is 0. The number of phenols is 1. The van der Waals surface area contributed by atoms with Gasteiger partial charge >= 0.3 is 0 Å². The first-order valence-corrected chi connectivity index (χ1v) is 7.96. The molecule has 0 aliphatic carbocycles. The Hall–Kier alpha value is -1.83. The van der Waals surface area contributed by atoms with Crippen molar-refractivity contribution < 1.29 is 5.11 Å². The first kappa shape index (κ1) is 15.6. The van der Waals surface area contributed by atoms with E-state index in [2.05, 4.69) is 11.9 Å². The van der Waals surface area contributed by atoms with Gasteiger partial charge in [-0.1, -0.05) is 62.9 Å². The average Bonchev–Trinajstić information content (AvgIpc) is 2.51. The van der Waals surface area contributed by atoms with E-state index in [1.54, 1.807) is 0 Å². The highest BCUT2D eigenvalue weighted by Crippen LogP contribution is 2.29. The average molecular weight is 283 g/mol. The van der Waals surface area contributed by atoms with Gasteiger partial charge in [-0.15, -0.1) is 0 Å². The van der Waals surface area contributed by atoms with Gasteiger partial charge in [0.25, 0.3) is 0 Å². The molecule has 0 bridgehead atoms. The second-order valence-electron chi connectivity index (χ2n) is 5.56. The van der Waals surface area contributed by atoms with Crippen LogP contribution in [0.5, 0.6) is 5.75 Å². The lowest BCUT2D eigenvalue weighted by Gasteiger charge is -2.08. The minimum absolute atomic E-state index is 0.348. The Morgan fingerprint density at radius 1 is 1.00 bits per heavy atom. The van der Waals surface area contributed by atoms with E-state index in [0.29, 0.717) is 5.75 Å². The van der Waals surface area contributed by atoms with Crippen LogP contribution >= 0.6 is 0 Å². The van der Waals surface area contributed by atoms with Gasteiger partial charge < -0.3 is 5.11 Å². The van der Waals surface area contributed by atoms with Crippen LogP contribution in [0.2, 0.25) is 0 Å². The number of nitrogens with zero attached hydrogens (tertiary/aromatic N) is 1. The molecule has 2 nitrogen and oxygen atoms in total. The zero-order valence-corrected chi connectivity index (χ0v) is 13.1. The maximum absolute atomic E-state index is 10.4. The van der Waals surface area contributed by atoms with Gasteiger partial charge in [0.05, 0.1) is 0 Å². The fourth-order valence-corrected chi connectivity index (χ4v) is 2.59. The van der Waals surface area contributed by atoms with Crippen LogP contribution in [0.1, 0.15) is 51.5 Å². The second kappa shape index (κ2) is 7.82. The molecule has 21 heavy (non-hydrogen) atoms. The SMILES string of the molecule is CCCCCCCN=C(C)c1ccc2ccccc2c1O. The summed E-state index contributed by atoms with van der Waals surface area (Å²) in [5.41, 5.74) is 1.77. The van der Waals surface area contributed by atoms with Crippen molar-refractivity contribution in [2.75, 3.05) is 6.54 Å². The highest BCUT2D eigenvalue weighted by atomic mass is 16.3. The van der Waals surface area contributed by atoms with Crippen molar-refractivity contribution in [3.63, 3.8) is 0 Å². The Bertz CT molecular complexity index is 616. The van der Waals surface area contributed by atoms with Gasteiger partial charge in [-0.2, -0.15) is 0 Å². The smallest absolute Gasteiger partial charge is 0.132 e. The van der Waals surface area contributed by atoms with Crippen LogP contribution in [0.15, 0.2) is 41.4 Å². The number of aromatic hydroxyl groups is 1. The van der Waals surface area contributed by atoms with Crippen molar-refractivity contribution >= 4 is 16.5 Å². The van der Waals surface area contributed by atoms with E-state index in [-0.39, 0.29) is 0 Å². The molecule has 0 saturated heterocycles. The summed E-state index contributed by atoms with van der Waals surface area (Å²) in [6, 6.07) is 11.9. The Kier molecular flexibility index (Phi) is 5.79. The van der Waals surface area contributed by atoms with E-state index in [1.165, 1.54) is 25.7 Å². The van der Waals surface area contributed by atoms with Crippen LogP contribution in [0.3, 0.4) is 0 Å². The van der Waals surface area contributed by atoms with Gasteiger partial charge in [-0.25, -0.2) is 0 Å². The predicted octanol–water partition coefficient (Wildman–Crippen LogP) is 5.32. The van der Waals surface area contributed by atoms with Crippen molar-refractivity contribution in [1.82, 2.24) is 0 Å². The number of benzene rings is 2. The minimum Gasteiger partial charge on any atom is -0.507 e. The van der Waals surface area contributed by atoms with Gasteiger partial charge in [0.1, 0.15) is 5.75 Å². The Labute approximate surface area is 127 Å². The second-order valence-corrected chi connectivity index (χ2v) is 5.56. The zero-order chi connectivity index (χ0) is 15.1. The van der Waals surface area contributed by atoms with Crippen LogP contribution in [0, 0.1) is 0 Å². The lowest BCUT2D eigenvalue weighted by atomic mass is 10.0. The third kappa shape index (κ3) is 4.07. The fourth-order valence-electron chi connectivity index (χ4n) is 2.59. The van der Waals surface area contributed by atoms with Gasteiger partial charge in [0, 0.05) is 23.2 Å². The molecule has 0 heterocycles. The topological polar surface area (TPSA) is 32.6 Å². The summed E-state index contributed by atoms with van der Waals surface area (Å²) in [6.45, 7) is 5.06. The van der Waals surface area contributed by atoms with Crippen molar-refractivity contribution in [1.29, 1.82) is 0 Å². The van der Waals surface area contributed by atoms with E-state index >= 15 is 0 Å². The van der Waals surface area contributed by atoms with Gasteiger partial charge in [0.15, 0.2) is 0 Å². The third-order valence-electron chi connectivity index (χ3n) is 3.90. The number of fused-ring (bicyclic) bond motifs is 1. The largest absolute Gasteiger partial charge is 0.507 e. The van der Waals surface area contributed by atoms with Crippen molar-refractivity contribution in [3.05, 3.63) is 42.0 Å². The molecule has 2 rings (SSSR count). The van der Waals surface area contributed by atoms with Crippen LogP contribution in [0.4, 0.5) is 0 Å². The van der Waals surface area contributed by atoms with E-state index in [0.717, 1.165) is 35.0 Å². The number of hydrogen-bond donors (Lipinski definition) is 1. The Morgan fingerprint density at radius 3 is 2.57 bits per heavy atom. The fraction of sp³-hybridized carbons (Fsp3) is 0.421. The maximum Gasteiger partial charge on any atom is 0.132 e. The maximum atomic E-state index is 10.4. The predicted molar refractivity (Wildman–Crippen MR) is 91.4 cm³/mol. The lowest BCUT2D eigenvalue weighted by molar-refractivity contribution is 0.480. The molecule has 0 unspecified atom stereocenters. The van der Waals surface area contributed by atoms with Crippen LogP contribution in [0.25, 0.3) is 10.8 Å². The van der Waals surface area contributed by atoms with Crippen LogP contribution < -0.4 is 0 Å². The van der Waals surface area contributed by atoms with Crippen LogP contribution in [-0.4, -0.2) is 17.4 Å². The van der Waals surface area contributed by atoms with Crippen molar-refractivity contribution in [2.45, 2.75) is 46.0 Å². The molecule has 0 aromatic heterocycles. The third-order valence-corrected chi connectivity index (χ3v) is 3.90. The number of phenolic OH excluding ortho intramolecular Hbond substituents is 1. The minimum atomic E-state index is 0.348. The number of hydrogen-bond acceptors (Lipinski definition) is 2. The van der Waals surface area contributed by atoms with E-state index < -0.39 is 0 Å². The summed E-state index contributed by atoms with van der Waals surface area (Å²) in [6.07, 6.45) is 6.26. The summed E-state index contributed by atoms with van der Waals surface area (Å²) < 4.78 is 0. The summed E-state index contributed by atoms with van der Waals surface area (Å²) in [5.74, 6) is 0.348. The number of unbranched alkanes of at least 4 members (excludes halogenated alkanes) is 4. The molecule has 2 heteroatoms. The molecular formula is C19H25NO. The Balaban J connectivity index is 2.05. The molecule has 0 radical (unpaired) electrons. The molecule has 1 N–H and O–H groups in total. The van der Waals surface area contributed by atoms with Gasteiger partial charge in [0.2, 0.25) is 0 Å². The van der Waals surface area contributed by atoms with Crippen LogP contribution in [-0.2, 0) is 0 Å². The van der Waals surface area contributed by atoms with E-state index in [1.807, 2.05) is 43.3 Å². The zero-order valence-electron chi connectivity index (χ0n) is 13.1. The molecule has 0 aliphatic rings. The quantitative estimate of drug-likeness (QED) is 0.541. The van der Waals surface area contributed by atoms with Crippen molar-refractivity contribution in [2.24, 2.45) is 4.99 Å². The molecule has 2 aromatic carbocycles. The summed E-state index contributed by atoms with van der Waals surface area (Å²) in [7, 11) is 0.